The zero-order valence-electron chi connectivity index (χ0n) is 7.78. The first-order valence-corrected chi connectivity index (χ1v) is 4.25. The van der Waals surface area contributed by atoms with Crippen molar-refractivity contribution >= 4 is 5.65 Å². The van der Waals surface area contributed by atoms with Gasteiger partial charge in [-0.25, -0.2) is 9.50 Å². The predicted molar refractivity (Wildman–Crippen MR) is 50.5 cm³/mol. The van der Waals surface area contributed by atoms with Gasteiger partial charge < -0.3 is 5.32 Å². The lowest BCUT2D eigenvalue weighted by Gasteiger charge is -1.92. The number of aromatic nitrogens is 3. The Balaban J connectivity index is 2.49. The lowest BCUT2D eigenvalue weighted by Crippen LogP contribution is -2.05. The fraction of sp³-hybridized carbons (Fsp3) is 0.333. The van der Waals surface area contributed by atoms with Crippen LogP contribution in [0.4, 0.5) is 0 Å². The van der Waals surface area contributed by atoms with E-state index in [1.54, 1.807) is 0 Å². The monoisotopic (exact) mass is 176 g/mol. The van der Waals surface area contributed by atoms with Crippen LogP contribution in [0.15, 0.2) is 18.5 Å². The molecule has 2 rings (SSSR count). The molecule has 4 heteroatoms. The van der Waals surface area contributed by atoms with Crippen LogP contribution >= 0.6 is 0 Å². The quantitative estimate of drug-likeness (QED) is 0.734. The Hall–Kier alpha value is -1.42. The standard InChI is InChI=1S/C9H12N4/c1-7-4-11-9-3-8(5-10-2)12-13(9)6-7/h3-4,6,10H,5H2,1-2H3. The Morgan fingerprint density at radius 1 is 1.54 bits per heavy atom. The van der Waals surface area contributed by atoms with E-state index in [-0.39, 0.29) is 0 Å². The summed E-state index contributed by atoms with van der Waals surface area (Å²) in [5.74, 6) is 0. The maximum atomic E-state index is 4.35. The van der Waals surface area contributed by atoms with Gasteiger partial charge in [-0.05, 0) is 19.5 Å². The topological polar surface area (TPSA) is 42.2 Å². The summed E-state index contributed by atoms with van der Waals surface area (Å²) in [6.07, 6.45) is 3.82. The third-order valence-electron chi connectivity index (χ3n) is 1.85. The highest BCUT2D eigenvalue weighted by molar-refractivity contribution is 5.39. The first kappa shape index (κ1) is 8.19. The third kappa shape index (κ3) is 1.53. The van der Waals surface area contributed by atoms with Crippen molar-refractivity contribution in [3.63, 3.8) is 0 Å². The van der Waals surface area contributed by atoms with E-state index in [1.807, 2.05) is 36.9 Å². The van der Waals surface area contributed by atoms with E-state index >= 15 is 0 Å². The van der Waals surface area contributed by atoms with Crippen molar-refractivity contribution in [2.75, 3.05) is 7.05 Å². The number of nitrogens with zero attached hydrogens (tertiary/aromatic N) is 3. The second kappa shape index (κ2) is 3.14. The molecule has 0 aliphatic carbocycles. The number of hydrogen-bond donors (Lipinski definition) is 1. The molecule has 1 N–H and O–H groups in total. The summed E-state index contributed by atoms with van der Waals surface area (Å²) >= 11 is 0. The molecule has 0 aliphatic rings. The average Bonchev–Trinajstić information content (AvgIpc) is 2.46. The fourth-order valence-electron chi connectivity index (χ4n) is 1.29. The number of hydrogen-bond acceptors (Lipinski definition) is 3. The highest BCUT2D eigenvalue weighted by Crippen LogP contribution is 2.04. The molecule has 0 aliphatic heterocycles. The van der Waals surface area contributed by atoms with Crippen LogP contribution < -0.4 is 5.32 Å². The minimum absolute atomic E-state index is 0.780. The van der Waals surface area contributed by atoms with Crippen LogP contribution in [0.25, 0.3) is 5.65 Å². The SMILES string of the molecule is CNCc1cc2ncc(C)cn2n1. The van der Waals surface area contributed by atoms with Crippen molar-refractivity contribution in [1.29, 1.82) is 0 Å². The Labute approximate surface area is 76.6 Å². The van der Waals surface area contributed by atoms with Crippen LogP contribution in [0, 0.1) is 6.92 Å². The van der Waals surface area contributed by atoms with Crippen LogP contribution in [-0.4, -0.2) is 21.6 Å². The van der Waals surface area contributed by atoms with E-state index in [4.69, 9.17) is 0 Å². The van der Waals surface area contributed by atoms with E-state index < -0.39 is 0 Å². The van der Waals surface area contributed by atoms with Gasteiger partial charge in [0.1, 0.15) is 0 Å². The Morgan fingerprint density at radius 2 is 2.38 bits per heavy atom. The molecule has 0 bridgehead atoms. The van der Waals surface area contributed by atoms with Gasteiger partial charge in [0.15, 0.2) is 5.65 Å². The highest BCUT2D eigenvalue weighted by Gasteiger charge is 2.00. The molecule has 2 heterocycles. The normalized spacial score (nSPS) is 10.9. The molecular weight excluding hydrogens is 164 g/mol. The molecule has 0 atom stereocenters. The number of fused-ring (bicyclic) bond motifs is 1. The Morgan fingerprint density at radius 3 is 3.15 bits per heavy atom. The average molecular weight is 176 g/mol. The molecule has 0 saturated carbocycles. The minimum atomic E-state index is 0.780. The first-order chi connectivity index (χ1) is 6.29. The second-order valence-electron chi connectivity index (χ2n) is 3.10. The van der Waals surface area contributed by atoms with Gasteiger partial charge >= 0.3 is 0 Å². The van der Waals surface area contributed by atoms with Gasteiger partial charge in [-0.15, -0.1) is 0 Å². The molecule has 0 saturated heterocycles. The van der Waals surface area contributed by atoms with Gasteiger partial charge in [-0.1, -0.05) is 0 Å². The van der Waals surface area contributed by atoms with Crippen molar-refractivity contribution in [3.05, 3.63) is 29.7 Å². The molecule has 0 unspecified atom stereocenters. The lowest BCUT2D eigenvalue weighted by molar-refractivity contribution is 0.768. The summed E-state index contributed by atoms with van der Waals surface area (Å²) in [5, 5.41) is 7.41. The molecule has 0 aromatic carbocycles. The zero-order valence-corrected chi connectivity index (χ0v) is 7.78. The van der Waals surface area contributed by atoms with Crippen molar-refractivity contribution in [1.82, 2.24) is 19.9 Å². The third-order valence-corrected chi connectivity index (χ3v) is 1.85. The molecule has 68 valence electrons. The summed E-state index contributed by atoms with van der Waals surface area (Å²) < 4.78 is 1.81. The summed E-state index contributed by atoms with van der Waals surface area (Å²) in [5.41, 5.74) is 3.03. The van der Waals surface area contributed by atoms with Gasteiger partial charge in [0.05, 0.1) is 5.69 Å². The zero-order chi connectivity index (χ0) is 9.26. The molecule has 0 fully saturated rings. The lowest BCUT2D eigenvalue weighted by atomic mass is 10.4. The molecular formula is C9H12N4. The van der Waals surface area contributed by atoms with E-state index in [1.165, 1.54) is 0 Å². The maximum absolute atomic E-state index is 4.35. The Bertz CT molecular complexity index is 418. The van der Waals surface area contributed by atoms with E-state index in [9.17, 15) is 0 Å². The van der Waals surface area contributed by atoms with Crippen LogP contribution in [0.5, 0.6) is 0 Å². The summed E-state index contributed by atoms with van der Waals surface area (Å²) in [4.78, 5) is 4.26. The number of rotatable bonds is 2. The van der Waals surface area contributed by atoms with Crippen LogP contribution in [0.2, 0.25) is 0 Å². The van der Waals surface area contributed by atoms with E-state index in [2.05, 4.69) is 15.4 Å². The number of aryl methyl sites for hydroxylation is 1. The van der Waals surface area contributed by atoms with Crippen molar-refractivity contribution in [2.24, 2.45) is 0 Å². The molecule has 13 heavy (non-hydrogen) atoms. The van der Waals surface area contributed by atoms with Gasteiger partial charge in [0.2, 0.25) is 0 Å². The molecule has 0 spiro atoms. The molecule has 0 radical (unpaired) electrons. The van der Waals surface area contributed by atoms with Gasteiger partial charge in [0.25, 0.3) is 0 Å². The maximum Gasteiger partial charge on any atom is 0.155 e. The smallest absolute Gasteiger partial charge is 0.155 e. The largest absolute Gasteiger partial charge is 0.314 e. The van der Waals surface area contributed by atoms with Crippen molar-refractivity contribution in [2.45, 2.75) is 13.5 Å². The van der Waals surface area contributed by atoms with E-state index in [0.717, 1.165) is 23.4 Å². The first-order valence-electron chi connectivity index (χ1n) is 4.25. The second-order valence-corrected chi connectivity index (χ2v) is 3.10. The van der Waals surface area contributed by atoms with Gasteiger partial charge in [0, 0.05) is 25.0 Å². The predicted octanol–water partition coefficient (Wildman–Crippen LogP) is 0.757. The molecule has 4 nitrogen and oxygen atoms in total. The van der Waals surface area contributed by atoms with Crippen molar-refractivity contribution < 1.29 is 0 Å². The van der Waals surface area contributed by atoms with E-state index in [0.29, 0.717) is 0 Å². The van der Waals surface area contributed by atoms with Gasteiger partial charge in [-0.3, -0.25) is 0 Å². The molecule has 2 aromatic heterocycles. The highest BCUT2D eigenvalue weighted by atomic mass is 15.2. The Kier molecular flexibility index (Phi) is 1.98. The summed E-state index contributed by atoms with van der Waals surface area (Å²) in [6, 6.07) is 1.98. The van der Waals surface area contributed by atoms with Crippen LogP contribution in [-0.2, 0) is 6.54 Å². The molecule has 2 aromatic rings. The minimum Gasteiger partial charge on any atom is -0.314 e. The number of nitrogens with one attached hydrogen (secondary N) is 1. The summed E-state index contributed by atoms with van der Waals surface area (Å²) in [6.45, 7) is 2.79. The van der Waals surface area contributed by atoms with Crippen LogP contribution in [0.3, 0.4) is 0 Å². The fourth-order valence-corrected chi connectivity index (χ4v) is 1.29. The molecule has 0 amide bonds. The van der Waals surface area contributed by atoms with Gasteiger partial charge in [-0.2, -0.15) is 5.10 Å². The van der Waals surface area contributed by atoms with Crippen LogP contribution in [0.1, 0.15) is 11.3 Å². The summed E-state index contributed by atoms with van der Waals surface area (Å²) in [7, 11) is 1.91. The van der Waals surface area contributed by atoms with Crippen molar-refractivity contribution in [3.8, 4) is 0 Å².